The van der Waals surface area contributed by atoms with E-state index in [1.807, 2.05) is 0 Å². The number of hydrogen-bond acceptors (Lipinski definition) is 4. The van der Waals surface area contributed by atoms with Crippen molar-refractivity contribution in [3.63, 3.8) is 0 Å². The zero-order chi connectivity index (χ0) is 7.56. The molecular formula is C6H6N2O3. The van der Waals surface area contributed by atoms with E-state index in [2.05, 4.69) is 4.98 Å². The van der Waals surface area contributed by atoms with E-state index in [0.717, 1.165) is 0 Å². The van der Waals surface area contributed by atoms with Gasteiger partial charge in [0.05, 0.1) is 0 Å². The third-order valence-electron chi connectivity index (χ3n) is 0.981. The van der Waals surface area contributed by atoms with Crippen LogP contribution in [0.2, 0.25) is 0 Å². The molecule has 0 saturated heterocycles. The second kappa shape index (κ2) is 3.39. The van der Waals surface area contributed by atoms with Crippen molar-refractivity contribution in [2.75, 3.05) is 0 Å². The van der Waals surface area contributed by atoms with E-state index in [-0.39, 0.29) is 16.9 Å². The molecule has 4 N–H and O–H groups in total. The number of aromatic hydroxyl groups is 2. The first-order chi connectivity index (χ1) is 4.74. The number of nitrogens with zero attached hydrogens (tertiary/aromatic N) is 2. The molecule has 0 unspecified atom stereocenters. The molecular weight excluding hydrogens is 148 g/mol. The van der Waals surface area contributed by atoms with Crippen LogP contribution in [0.4, 0.5) is 0 Å². The maximum Gasteiger partial charge on any atom is 0.232 e. The number of pyridine rings is 1. The van der Waals surface area contributed by atoms with Crippen molar-refractivity contribution in [2.45, 2.75) is 0 Å². The molecule has 1 rings (SSSR count). The van der Waals surface area contributed by atoms with E-state index in [1.54, 1.807) is 6.07 Å². The minimum absolute atomic E-state index is 0. The van der Waals surface area contributed by atoms with Crippen LogP contribution in [0.25, 0.3) is 0 Å². The molecule has 0 radical (unpaired) electrons. The van der Waals surface area contributed by atoms with Gasteiger partial charge in [-0.05, 0) is 6.07 Å². The van der Waals surface area contributed by atoms with Gasteiger partial charge < -0.3 is 15.7 Å². The standard InChI is InChI=1S/C6H4N2O2.H2O/c7-3-4-1-2-5(9)8-6(4)10;/h1-2H,(H2,8,9,10);1H2. The topological polar surface area (TPSA) is 109 Å². The fourth-order valence-electron chi connectivity index (χ4n) is 0.526. The Bertz CT molecular complexity index is 292. The molecule has 1 heterocycles. The van der Waals surface area contributed by atoms with Gasteiger partial charge in [0.15, 0.2) is 0 Å². The van der Waals surface area contributed by atoms with Crippen molar-refractivity contribution in [3.05, 3.63) is 17.7 Å². The molecule has 0 fully saturated rings. The quantitative estimate of drug-likeness (QED) is 0.526. The SMILES string of the molecule is N#Cc1ccc(O)nc1O.O. The van der Waals surface area contributed by atoms with Gasteiger partial charge in [-0.15, -0.1) is 0 Å². The molecule has 5 heteroatoms. The lowest BCUT2D eigenvalue weighted by molar-refractivity contribution is 0.412. The number of aromatic nitrogens is 1. The first kappa shape index (κ1) is 9.20. The Hall–Kier alpha value is -1.80. The van der Waals surface area contributed by atoms with Crippen molar-refractivity contribution in [1.29, 1.82) is 5.26 Å². The fourth-order valence-corrected chi connectivity index (χ4v) is 0.526. The predicted molar refractivity (Wildman–Crippen MR) is 35.9 cm³/mol. The number of hydrogen-bond donors (Lipinski definition) is 2. The highest BCUT2D eigenvalue weighted by molar-refractivity contribution is 5.38. The second-order valence-corrected chi connectivity index (χ2v) is 1.65. The number of nitriles is 1. The molecule has 5 nitrogen and oxygen atoms in total. The maximum absolute atomic E-state index is 8.80. The van der Waals surface area contributed by atoms with Gasteiger partial charge in [0.25, 0.3) is 0 Å². The molecule has 1 aromatic heterocycles. The highest BCUT2D eigenvalue weighted by atomic mass is 16.3. The molecule has 0 aromatic carbocycles. The summed E-state index contributed by atoms with van der Waals surface area (Å²) in [6.45, 7) is 0. The predicted octanol–water partition coefficient (Wildman–Crippen LogP) is -0.460. The summed E-state index contributed by atoms with van der Waals surface area (Å²) < 4.78 is 0. The van der Waals surface area contributed by atoms with E-state index < -0.39 is 5.88 Å². The fraction of sp³-hybridized carbons (Fsp3) is 0. The third kappa shape index (κ3) is 1.81. The van der Waals surface area contributed by atoms with Crippen LogP contribution in [-0.2, 0) is 0 Å². The van der Waals surface area contributed by atoms with Crippen LogP contribution < -0.4 is 0 Å². The Labute approximate surface area is 62.5 Å². The Balaban J connectivity index is 0.000001000. The van der Waals surface area contributed by atoms with Crippen molar-refractivity contribution in [3.8, 4) is 17.8 Å². The summed E-state index contributed by atoms with van der Waals surface area (Å²) in [6.07, 6.45) is 0. The van der Waals surface area contributed by atoms with Gasteiger partial charge in [0, 0.05) is 6.07 Å². The summed E-state index contributed by atoms with van der Waals surface area (Å²) in [5.41, 5.74) is 0.0535. The van der Waals surface area contributed by atoms with Crippen LogP contribution in [0, 0.1) is 11.3 Å². The number of rotatable bonds is 0. The molecule has 0 aliphatic rings. The van der Waals surface area contributed by atoms with Crippen molar-refractivity contribution < 1.29 is 15.7 Å². The highest BCUT2D eigenvalue weighted by Crippen LogP contribution is 2.15. The van der Waals surface area contributed by atoms with Gasteiger partial charge in [0.2, 0.25) is 11.8 Å². The van der Waals surface area contributed by atoms with E-state index in [1.165, 1.54) is 12.1 Å². The van der Waals surface area contributed by atoms with Gasteiger partial charge in [-0.3, -0.25) is 0 Å². The van der Waals surface area contributed by atoms with Gasteiger partial charge in [-0.25, -0.2) is 0 Å². The van der Waals surface area contributed by atoms with Crippen LogP contribution >= 0.6 is 0 Å². The lowest BCUT2D eigenvalue weighted by Crippen LogP contribution is -1.79. The largest absolute Gasteiger partial charge is 0.493 e. The molecule has 0 atom stereocenters. The molecule has 0 bridgehead atoms. The van der Waals surface area contributed by atoms with E-state index in [0.29, 0.717) is 0 Å². The van der Waals surface area contributed by atoms with E-state index in [9.17, 15) is 0 Å². The molecule has 0 saturated carbocycles. The van der Waals surface area contributed by atoms with Gasteiger partial charge >= 0.3 is 0 Å². The van der Waals surface area contributed by atoms with Crippen LogP contribution in [0.5, 0.6) is 11.8 Å². The summed E-state index contributed by atoms with van der Waals surface area (Å²) >= 11 is 0. The third-order valence-corrected chi connectivity index (χ3v) is 0.981. The van der Waals surface area contributed by atoms with Crippen molar-refractivity contribution in [2.24, 2.45) is 0 Å². The summed E-state index contributed by atoms with van der Waals surface area (Å²) in [7, 11) is 0. The molecule has 58 valence electrons. The van der Waals surface area contributed by atoms with E-state index >= 15 is 0 Å². The zero-order valence-corrected chi connectivity index (χ0v) is 5.44. The van der Waals surface area contributed by atoms with Crippen LogP contribution in [0.3, 0.4) is 0 Å². The van der Waals surface area contributed by atoms with Gasteiger partial charge in [0.1, 0.15) is 11.6 Å². The van der Waals surface area contributed by atoms with Crippen molar-refractivity contribution >= 4 is 0 Å². The van der Waals surface area contributed by atoms with Crippen LogP contribution in [0.1, 0.15) is 5.56 Å². The summed E-state index contributed by atoms with van der Waals surface area (Å²) in [6, 6.07) is 4.22. The molecule has 0 spiro atoms. The van der Waals surface area contributed by atoms with Gasteiger partial charge in [-0.1, -0.05) is 0 Å². The molecule has 0 amide bonds. The van der Waals surface area contributed by atoms with E-state index in [4.69, 9.17) is 15.5 Å². The smallest absolute Gasteiger partial charge is 0.232 e. The summed E-state index contributed by atoms with van der Waals surface area (Å²) in [5, 5.41) is 25.7. The van der Waals surface area contributed by atoms with Crippen LogP contribution in [0.15, 0.2) is 12.1 Å². The monoisotopic (exact) mass is 154 g/mol. The average molecular weight is 154 g/mol. The Morgan fingerprint density at radius 3 is 2.45 bits per heavy atom. The average Bonchev–Trinajstić information content (AvgIpc) is 1.88. The Morgan fingerprint density at radius 2 is 2.00 bits per heavy atom. The normalized spacial score (nSPS) is 7.91. The lowest BCUT2D eigenvalue weighted by atomic mass is 10.3. The lowest BCUT2D eigenvalue weighted by Gasteiger charge is -1.92. The first-order valence-electron chi connectivity index (χ1n) is 2.53. The second-order valence-electron chi connectivity index (χ2n) is 1.65. The summed E-state index contributed by atoms with van der Waals surface area (Å²) in [5.74, 6) is -0.737. The Kier molecular flexibility index (Phi) is 2.83. The van der Waals surface area contributed by atoms with Crippen LogP contribution in [-0.4, -0.2) is 20.7 Å². The first-order valence-corrected chi connectivity index (χ1v) is 2.53. The highest BCUT2D eigenvalue weighted by Gasteiger charge is 2.00. The van der Waals surface area contributed by atoms with Crippen molar-refractivity contribution in [1.82, 2.24) is 4.98 Å². The minimum atomic E-state index is -0.442. The molecule has 11 heavy (non-hydrogen) atoms. The van der Waals surface area contributed by atoms with Gasteiger partial charge in [-0.2, -0.15) is 10.2 Å². The Morgan fingerprint density at radius 1 is 1.36 bits per heavy atom. The molecule has 0 aliphatic carbocycles. The summed E-state index contributed by atoms with van der Waals surface area (Å²) in [4.78, 5) is 3.23. The molecule has 0 aliphatic heterocycles. The molecule has 1 aromatic rings. The maximum atomic E-state index is 8.80. The zero-order valence-electron chi connectivity index (χ0n) is 5.44. The minimum Gasteiger partial charge on any atom is -0.493 e.